The van der Waals surface area contributed by atoms with Gasteiger partial charge in [-0.2, -0.15) is 5.26 Å². The van der Waals surface area contributed by atoms with Gasteiger partial charge in [-0.3, -0.25) is 4.98 Å². The maximum absolute atomic E-state index is 13.5. The average molecular weight is 249 g/mol. The molecule has 0 spiro atoms. The van der Waals surface area contributed by atoms with E-state index >= 15 is 0 Å². The van der Waals surface area contributed by atoms with Gasteiger partial charge in [0, 0.05) is 18.3 Å². The van der Waals surface area contributed by atoms with E-state index in [4.69, 9.17) is 11.0 Å². The number of rotatable bonds is 3. The highest BCUT2D eigenvalue weighted by Crippen LogP contribution is 2.30. The van der Waals surface area contributed by atoms with Crippen molar-refractivity contribution in [3.8, 4) is 11.8 Å². The van der Waals surface area contributed by atoms with Crippen molar-refractivity contribution < 1.29 is 22.3 Å². The molecule has 1 heterocycles. The molecular formula is C9H7F4N3O. The van der Waals surface area contributed by atoms with Crippen molar-refractivity contribution in [3.05, 3.63) is 23.3 Å². The van der Waals surface area contributed by atoms with E-state index in [0.717, 1.165) is 6.20 Å². The van der Waals surface area contributed by atoms with Crippen LogP contribution in [0, 0.1) is 17.1 Å². The number of alkyl halides is 3. The zero-order valence-corrected chi connectivity index (χ0v) is 8.38. The standard InChI is InChI=1S/C9H7F4N3O/c10-7-6(1-2-14)16-4-5(3-15)8(7)17-9(11,12)13/h4H,1,3,15H2. The van der Waals surface area contributed by atoms with E-state index in [1.807, 2.05) is 0 Å². The van der Waals surface area contributed by atoms with E-state index in [1.54, 1.807) is 6.07 Å². The quantitative estimate of drug-likeness (QED) is 0.826. The van der Waals surface area contributed by atoms with Gasteiger partial charge in [-0.15, -0.1) is 13.2 Å². The monoisotopic (exact) mass is 249 g/mol. The Morgan fingerprint density at radius 2 is 2.12 bits per heavy atom. The Bertz CT molecular complexity index is 453. The lowest BCUT2D eigenvalue weighted by Crippen LogP contribution is -2.20. The summed E-state index contributed by atoms with van der Waals surface area (Å²) in [6.07, 6.45) is -4.53. The lowest BCUT2D eigenvalue weighted by molar-refractivity contribution is -0.275. The fourth-order valence-electron chi connectivity index (χ4n) is 1.11. The summed E-state index contributed by atoms with van der Waals surface area (Å²) < 4.78 is 53.2. The highest BCUT2D eigenvalue weighted by atomic mass is 19.4. The van der Waals surface area contributed by atoms with Crippen LogP contribution in [0.1, 0.15) is 11.3 Å². The van der Waals surface area contributed by atoms with Crippen molar-refractivity contribution in [2.24, 2.45) is 5.73 Å². The highest BCUT2D eigenvalue weighted by Gasteiger charge is 2.34. The summed E-state index contributed by atoms with van der Waals surface area (Å²) in [4.78, 5) is 3.50. The minimum absolute atomic E-state index is 0.221. The lowest BCUT2D eigenvalue weighted by Gasteiger charge is -2.14. The van der Waals surface area contributed by atoms with Gasteiger partial charge in [-0.1, -0.05) is 0 Å². The molecule has 0 aliphatic heterocycles. The smallest absolute Gasteiger partial charge is 0.402 e. The summed E-state index contributed by atoms with van der Waals surface area (Å²) in [5.74, 6) is -2.34. The van der Waals surface area contributed by atoms with Crippen molar-refractivity contribution >= 4 is 0 Å². The van der Waals surface area contributed by atoms with Crippen LogP contribution in [0.25, 0.3) is 0 Å². The van der Waals surface area contributed by atoms with E-state index in [9.17, 15) is 17.6 Å². The fourth-order valence-corrected chi connectivity index (χ4v) is 1.11. The Balaban J connectivity index is 3.23. The van der Waals surface area contributed by atoms with Crippen LogP contribution >= 0.6 is 0 Å². The van der Waals surface area contributed by atoms with E-state index < -0.39 is 30.0 Å². The van der Waals surface area contributed by atoms with Gasteiger partial charge < -0.3 is 10.5 Å². The van der Waals surface area contributed by atoms with Gasteiger partial charge in [0.2, 0.25) is 0 Å². The molecule has 0 aromatic carbocycles. The summed E-state index contributed by atoms with van der Waals surface area (Å²) in [6.45, 7) is -0.359. The molecule has 0 unspecified atom stereocenters. The molecule has 1 aromatic heterocycles. The third kappa shape index (κ3) is 3.29. The minimum atomic E-state index is -5.03. The first-order valence-corrected chi connectivity index (χ1v) is 4.38. The Morgan fingerprint density at radius 3 is 2.59 bits per heavy atom. The first-order valence-electron chi connectivity index (χ1n) is 4.38. The molecule has 0 fully saturated rings. The number of aromatic nitrogens is 1. The first-order chi connectivity index (χ1) is 7.89. The topological polar surface area (TPSA) is 71.9 Å². The van der Waals surface area contributed by atoms with Crippen molar-refractivity contribution in [1.29, 1.82) is 5.26 Å². The Labute approximate surface area is 93.6 Å². The molecular weight excluding hydrogens is 242 g/mol. The Hall–Kier alpha value is -1.88. The molecule has 0 aliphatic carbocycles. The number of halogens is 4. The Kier molecular flexibility index (Phi) is 3.85. The van der Waals surface area contributed by atoms with Crippen LogP contribution in [-0.4, -0.2) is 11.3 Å². The molecule has 1 aromatic rings. The van der Waals surface area contributed by atoms with Crippen molar-refractivity contribution in [1.82, 2.24) is 4.98 Å². The van der Waals surface area contributed by atoms with Gasteiger partial charge in [0.05, 0.1) is 18.2 Å². The highest BCUT2D eigenvalue weighted by molar-refractivity contribution is 5.36. The molecule has 0 saturated heterocycles. The maximum atomic E-state index is 13.5. The molecule has 2 N–H and O–H groups in total. The largest absolute Gasteiger partial charge is 0.573 e. The summed E-state index contributed by atoms with van der Waals surface area (Å²) in [6, 6.07) is 1.58. The maximum Gasteiger partial charge on any atom is 0.573 e. The van der Waals surface area contributed by atoms with E-state index in [1.165, 1.54) is 0 Å². The molecule has 1 rings (SSSR count). The van der Waals surface area contributed by atoms with Crippen LogP contribution in [0.2, 0.25) is 0 Å². The minimum Gasteiger partial charge on any atom is -0.402 e. The van der Waals surface area contributed by atoms with Gasteiger partial charge >= 0.3 is 6.36 Å². The van der Waals surface area contributed by atoms with Crippen LogP contribution in [0.3, 0.4) is 0 Å². The fraction of sp³-hybridized carbons (Fsp3) is 0.333. The number of nitrogens with two attached hydrogens (primary N) is 1. The second-order valence-electron chi connectivity index (χ2n) is 2.96. The predicted molar refractivity (Wildman–Crippen MR) is 48.1 cm³/mol. The molecule has 0 amide bonds. The van der Waals surface area contributed by atoms with Gasteiger partial charge in [-0.05, 0) is 0 Å². The van der Waals surface area contributed by atoms with Crippen LogP contribution in [0.4, 0.5) is 17.6 Å². The number of nitrogens with zero attached hydrogens (tertiary/aromatic N) is 2. The van der Waals surface area contributed by atoms with Crippen LogP contribution in [-0.2, 0) is 13.0 Å². The first kappa shape index (κ1) is 13.2. The molecule has 0 bridgehead atoms. The molecule has 17 heavy (non-hydrogen) atoms. The lowest BCUT2D eigenvalue weighted by atomic mass is 10.2. The van der Waals surface area contributed by atoms with Crippen molar-refractivity contribution in [2.75, 3.05) is 0 Å². The second-order valence-corrected chi connectivity index (χ2v) is 2.96. The van der Waals surface area contributed by atoms with E-state index in [0.29, 0.717) is 0 Å². The number of nitriles is 1. The van der Waals surface area contributed by atoms with E-state index in [-0.39, 0.29) is 12.1 Å². The van der Waals surface area contributed by atoms with Gasteiger partial charge in [-0.25, -0.2) is 4.39 Å². The summed E-state index contributed by atoms with van der Waals surface area (Å²) in [5.41, 5.74) is 4.51. The summed E-state index contributed by atoms with van der Waals surface area (Å²) in [5, 5.41) is 8.35. The van der Waals surface area contributed by atoms with Gasteiger partial charge in [0.1, 0.15) is 0 Å². The average Bonchev–Trinajstić information content (AvgIpc) is 2.23. The van der Waals surface area contributed by atoms with Gasteiger partial charge in [0.15, 0.2) is 11.6 Å². The molecule has 0 saturated carbocycles. The zero-order valence-electron chi connectivity index (χ0n) is 8.38. The molecule has 92 valence electrons. The van der Waals surface area contributed by atoms with Crippen molar-refractivity contribution in [3.63, 3.8) is 0 Å². The third-order valence-corrected chi connectivity index (χ3v) is 1.80. The van der Waals surface area contributed by atoms with Crippen LogP contribution in [0.15, 0.2) is 6.20 Å². The molecule has 8 heteroatoms. The van der Waals surface area contributed by atoms with Crippen molar-refractivity contribution in [2.45, 2.75) is 19.3 Å². The third-order valence-electron chi connectivity index (χ3n) is 1.80. The summed E-state index contributed by atoms with van der Waals surface area (Å²) >= 11 is 0. The zero-order chi connectivity index (χ0) is 13.1. The molecule has 0 aliphatic rings. The predicted octanol–water partition coefficient (Wildman–Crippen LogP) is 1.64. The number of hydrogen-bond acceptors (Lipinski definition) is 4. The van der Waals surface area contributed by atoms with Crippen LogP contribution in [0.5, 0.6) is 5.75 Å². The van der Waals surface area contributed by atoms with E-state index in [2.05, 4.69) is 9.72 Å². The Morgan fingerprint density at radius 1 is 1.47 bits per heavy atom. The number of hydrogen-bond donors (Lipinski definition) is 1. The summed E-state index contributed by atoms with van der Waals surface area (Å²) in [7, 11) is 0. The number of ether oxygens (including phenoxy) is 1. The second kappa shape index (κ2) is 4.97. The normalized spacial score (nSPS) is 11.1. The number of pyridine rings is 1. The molecule has 4 nitrogen and oxygen atoms in total. The van der Waals surface area contributed by atoms with Gasteiger partial charge in [0.25, 0.3) is 0 Å². The van der Waals surface area contributed by atoms with Crippen LogP contribution < -0.4 is 10.5 Å². The molecule has 0 radical (unpaired) electrons. The molecule has 0 atom stereocenters. The SMILES string of the molecule is N#CCc1ncc(CN)c(OC(F)(F)F)c1F.